The normalized spacial score (nSPS) is 15.0. The van der Waals surface area contributed by atoms with Crippen LogP contribution in [0.2, 0.25) is 0 Å². The van der Waals surface area contributed by atoms with Crippen LogP contribution in [0.1, 0.15) is 25.0 Å². The number of aryl methyl sites for hydroxylation is 1. The molecule has 110 valence electrons. The number of benzene rings is 2. The maximum Gasteiger partial charge on any atom is 0.246 e. The Kier molecular flexibility index (Phi) is 3.24. The molecular formula is C17H18FNO2. The summed E-state index contributed by atoms with van der Waals surface area (Å²) in [7, 11) is 0. The summed E-state index contributed by atoms with van der Waals surface area (Å²) in [5, 5.41) is 3.31. The lowest BCUT2D eigenvalue weighted by molar-refractivity contribution is -0.0431. The van der Waals surface area contributed by atoms with Crippen molar-refractivity contribution in [1.82, 2.24) is 0 Å². The van der Waals surface area contributed by atoms with E-state index in [1.54, 1.807) is 13.0 Å². The van der Waals surface area contributed by atoms with Gasteiger partial charge in [0.05, 0.1) is 0 Å². The Labute approximate surface area is 123 Å². The molecule has 2 aromatic carbocycles. The van der Waals surface area contributed by atoms with Crippen molar-refractivity contribution in [3.05, 3.63) is 53.3 Å². The molecule has 0 aliphatic carbocycles. The minimum atomic E-state index is -0.616. The Hall–Kier alpha value is -2.23. The lowest BCUT2D eigenvalue weighted by Crippen LogP contribution is -2.29. The molecule has 0 saturated heterocycles. The van der Waals surface area contributed by atoms with Gasteiger partial charge in [-0.15, -0.1) is 0 Å². The van der Waals surface area contributed by atoms with E-state index in [1.807, 2.05) is 38.1 Å². The zero-order valence-electron chi connectivity index (χ0n) is 12.4. The van der Waals surface area contributed by atoms with Gasteiger partial charge in [-0.3, -0.25) is 0 Å². The van der Waals surface area contributed by atoms with Crippen LogP contribution in [-0.4, -0.2) is 5.79 Å². The predicted octanol–water partition coefficient (Wildman–Crippen LogP) is 4.25. The molecule has 0 radical (unpaired) electrons. The van der Waals surface area contributed by atoms with Gasteiger partial charge in [0.2, 0.25) is 5.79 Å². The molecule has 0 spiro atoms. The van der Waals surface area contributed by atoms with Gasteiger partial charge in [0.15, 0.2) is 11.5 Å². The van der Waals surface area contributed by atoms with Crippen LogP contribution in [-0.2, 0) is 6.54 Å². The summed E-state index contributed by atoms with van der Waals surface area (Å²) in [6.45, 7) is 6.15. The van der Waals surface area contributed by atoms with Gasteiger partial charge < -0.3 is 14.8 Å². The number of halogens is 1. The van der Waals surface area contributed by atoms with E-state index in [2.05, 4.69) is 5.32 Å². The topological polar surface area (TPSA) is 30.5 Å². The minimum absolute atomic E-state index is 0.177. The van der Waals surface area contributed by atoms with Crippen LogP contribution < -0.4 is 14.8 Å². The van der Waals surface area contributed by atoms with Gasteiger partial charge >= 0.3 is 0 Å². The fraction of sp³-hybridized carbons (Fsp3) is 0.294. The first-order valence-electron chi connectivity index (χ1n) is 6.94. The summed E-state index contributed by atoms with van der Waals surface area (Å²) in [5.74, 6) is 0.696. The van der Waals surface area contributed by atoms with E-state index in [0.29, 0.717) is 12.1 Å². The maximum absolute atomic E-state index is 13.2. The van der Waals surface area contributed by atoms with Crippen molar-refractivity contribution >= 4 is 5.69 Å². The van der Waals surface area contributed by atoms with E-state index in [9.17, 15) is 4.39 Å². The summed E-state index contributed by atoms with van der Waals surface area (Å²) >= 11 is 0. The lowest BCUT2D eigenvalue weighted by Gasteiger charge is -2.16. The zero-order chi connectivity index (χ0) is 15.0. The van der Waals surface area contributed by atoms with Crippen molar-refractivity contribution in [1.29, 1.82) is 0 Å². The molecule has 2 aromatic rings. The molecular weight excluding hydrogens is 269 g/mol. The fourth-order valence-electron chi connectivity index (χ4n) is 2.35. The predicted molar refractivity (Wildman–Crippen MR) is 80.2 cm³/mol. The summed E-state index contributed by atoms with van der Waals surface area (Å²) in [6.07, 6.45) is 0. The standard InChI is InChI=1S/C17H18FNO2/c1-11-8-12(4-6-14(11)18)10-19-13-5-7-15-16(9-13)21-17(2,3)20-15/h4-9,19H,10H2,1-3H3. The molecule has 0 aromatic heterocycles. The first kappa shape index (κ1) is 13.7. The number of hydrogen-bond donors (Lipinski definition) is 1. The molecule has 0 unspecified atom stereocenters. The van der Waals surface area contributed by atoms with Crippen molar-refractivity contribution in [2.75, 3.05) is 5.32 Å². The van der Waals surface area contributed by atoms with Crippen molar-refractivity contribution in [2.24, 2.45) is 0 Å². The molecule has 4 heteroatoms. The SMILES string of the molecule is Cc1cc(CNc2ccc3c(c2)OC(C)(C)O3)ccc1F. The fourth-order valence-corrected chi connectivity index (χ4v) is 2.35. The molecule has 3 rings (SSSR count). The quantitative estimate of drug-likeness (QED) is 0.915. The monoisotopic (exact) mass is 287 g/mol. The van der Waals surface area contributed by atoms with E-state index in [1.165, 1.54) is 6.07 Å². The molecule has 0 bridgehead atoms. The second kappa shape index (κ2) is 4.95. The number of rotatable bonds is 3. The minimum Gasteiger partial charge on any atom is -0.449 e. The highest BCUT2D eigenvalue weighted by Crippen LogP contribution is 2.40. The van der Waals surface area contributed by atoms with Crippen LogP contribution in [0.5, 0.6) is 11.5 Å². The third-order valence-corrected chi connectivity index (χ3v) is 3.37. The summed E-state index contributed by atoms with van der Waals surface area (Å²) in [5.41, 5.74) is 2.63. The highest BCUT2D eigenvalue weighted by molar-refractivity contribution is 5.56. The average molecular weight is 287 g/mol. The molecule has 21 heavy (non-hydrogen) atoms. The second-order valence-corrected chi connectivity index (χ2v) is 5.70. The Morgan fingerprint density at radius 2 is 1.81 bits per heavy atom. The van der Waals surface area contributed by atoms with E-state index >= 15 is 0 Å². The van der Waals surface area contributed by atoms with Gasteiger partial charge in [-0.25, -0.2) is 4.39 Å². The van der Waals surface area contributed by atoms with Crippen LogP contribution in [0.4, 0.5) is 10.1 Å². The van der Waals surface area contributed by atoms with Crippen LogP contribution >= 0.6 is 0 Å². The lowest BCUT2D eigenvalue weighted by atomic mass is 10.1. The van der Waals surface area contributed by atoms with Gasteiger partial charge in [0.1, 0.15) is 5.82 Å². The Morgan fingerprint density at radius 3 is 2.57 bits per heavy atom. The summed E-state index contributed by atoms with van der Waals surface area (Å²) in [4.78, 5) is 0. The largest absolute Gasteiger partial charge is 0.449 e. The third-order valence-electron chi connectivity index (χ3n) is 3.37. The van der Waals surface area contributed by atoms with E-state index in [4.69, 9.17) is 9.47 Å². The van der Waals surface area contributed by atoms with Crippen molar-refractivity contribution in [3.8, 4) is 11.5 Å². The van der Waals surface area contributed by atoms with E-state index in [0.717, 1.165) is 22.7 Å². The molecule has 0 fully saturated rings. The smallest absolute Gasteiger partial charge is 0.246 e. The first-order chi connectivity index (χ1) is 9.93. The van der Waals surface area contributed by atoms with Crippen molar-refractivity contribution in [2.45, 2.75) is 33.1 Å². The van der Waals surface area contributed by atoms with E-state index < -0.39 is 5.79 Å². The molecule has 1 heterocycles. The van der Waals surface area contributed by atoms with Crippen LogP contribution in [0.25, 0.3) is 0 Å². The number of nitrogens with one attached hydrogen (secondary N) is 1. The Balaban J connectivity index is 1.71. The molecule has 1 aliphatic heterocycles. The Morgan fingerprint density at radius 1 is 1.05 bits per heavy atom. The van der Waals surface area contributed by atoms with Gasteiger partial charge in [-0.2, -0.15) is 0 Å². The summed E-state index contributed by atoms with van der Waals surface area (Å²) in [6, 6.07) is 10.9. The number of anilines is 1. The Bertz CT molecular complexity index is 682. The average Bonchev–Trinajstić information content (AvgIpc) is 2.73. The summed E-state index contributed by atoms with van der Waals surface area (Å²) < 4.78 is 24.6. The molecule has 1 N–H and O–H groups in total. The highest BCUT2D eigenvalue weighted by atomic mass is 19.1. The van der Waals surface area contributed by atoms with Gasteiger partial charge in [-0.05, 0) is 36.2 Å². The molecule has 0 saturated carbocycles. The van der Waals surface area contributed by atoms with Gasteiger partial charge in [0.25, 0.3) is 0 Å². The molecule has 1 aliphatic rings. The number of hydrogen-bond acceptors (Lipinski definition) is 3. The number of ether oxygens (including phenoxy) is 2. The van der Waals surface area contributed by atoms with Gasteiger partial charge in [-0.1, -0.05) is 12.1 Å². The van der Waals surface area contributed by atoms with Crippen LogP contribution in [0.3, 0.4) is 0 Å². The first-order valence-corrected chi connectivity index (χ1v) is 6.94. The maximum atomic E-state index is 13.2. The van der Waals surface area contributed by atoms with Crippen molar-refractivity contribution in [3.63, 3.8) is 0 Å². The van der Waals surface area contributed by atoms with E-state index in [-0.39, 0.29) is 5.82 Å². The van der Waals surface area contributed by atoms with Gasteiger partial charge in [0, 0.05) is 32.1 Å². The van der Waals surface area contributed by atoms with Crippen LogP contribution in [0.15, 0.2) is 36.4 Å². The third kappa shape index (κ3) is 2.94. The molecule has 0 atom stereocenters. The zero-order valence-corrected chi connectivity index (χ0v) is 12.4. The van der Waals surface area contributed by atoms with Crippen LogP contribution in [0, 0.1) is 12.7 Å². The highest BCUT2D eigenvalue weighted by Gasteiger charge is 2.31. The van der Waals surface area contributed by atoms with Crippen molar-refractivity contribution < 1.29 is 13.9 Å². The number of fused-ring (bicyclic) bond motifs is 1. The molecule has 3 nitrogen and oxygen atoms in total. The second-order valence-electron chi connectivity index (χ2n) is 5.70. The molecule has 0 amide bonds.